The van der Waals surface area contributed by atoms with Crippen LogP contribution in [-0.2, 0) is 9.84 Å². The summed E-state index contributed by atoms with van der Waals surface area (Å²) in [6.07, 6.45) is 2.75. The normalized spacial score (nSPS) is 22.8. The summed E-state index contributed by atoms with van der Waals surface area (Å²) >= 11 is 0. The van der Waals surface area contributed by atoms with Gasteiger partial charge >= 0.3 is 0 Å². The second kappa shape index (κ2) is 5.12. The molecule has 0 bridgehead atoms. The SMILES string of the molecule is CC(C)CCNC1CCS(=O)(=O)CC1. The van der Waals surface area contributed by atoms with Crippen LogP contribution in [0.25, 0.3) is 0 Å². The van der Waals surface area contributed by atoms with Gasteiger partial charge in [-0.25, -0.2) is 8.42 Å². The van der Waals surface area contributed by atoms with Crippen molar-refractivity contribution >= 4 is 9.84 Å². The molecule has 1 aliphatic heterocycles. The van der Waals surface area contributed by atoms with Crippen LogP contribution in [0.15, 0.2) is 0 Å². The molecule has 84 valence electrons. The van der Waals surface area contributed by atoms with Crippen LogP contribution in [0.3, 0.4) is 0 Å². The quantitative estimate of drug-likeness (QED) is 0.773. The Labute approximate surface area is 87.2 Å². The second-order valence-corrected chi connectivity index (χ2v) is 6.87. The molecule has 3 nitrogen and oxygen atoms in total. The minimum atomic E-state index is -2.70. The van der Waals surface area contributed by atoms with Crippen LogP contribution in [-0.4, -0.2) is 32.5 Å². The molecule has 1 N–H and O–H groups in total. The maximum absolute atomic E-state index is 11.2. The summed E-state index contributed by atoms with van der Waals surface area (Å²) in [6, 6.07) is 0.428. The predicted octanol–water partition coefficient (Wildman–Crippen LogP) is 1.20. The molecule has 0 aromatic rings. The molecule has 0 aromatic carbocycles. The Kier molecular flexibility index (Phi) is 4.38. The molecule has 0 aliphatic carbocycles. The van der Waals surface area contributed by atoms with Crippen molar-refractivity contribution < 1.29 is 8.42 Å². The molecule has 0 amide bonds. The lowest BCUT2D eigenvalue weighted by molar-refractivity contribution is 0.437. The van der Waals surface area contributed by atoms with Gasteiger partial charge in [0, 0.05) is 6.04 Å². The largest absolute Gasteiger partial charge is 0.314 e. The zero-order valence-electron chi connectivity index (χ0n) is 9.12. The van der Waals surface area contributed by atoms with E-state index in [1.54, 1.807) is 0 Å². The number of rotatable bonds is 4. The summed E-state index contributed by atoms with van der Waals surface area (Å²) in [5.74, 6) is 1.45. The summed E-state index contributed by atoms with van der Waals surface area (Å²) in [5, 5.41) is 3.43. The standard InChI is InChI=1S/C10H21NO2S/c1-9(2)3-6-11-10-4-7-14(12,13)8-5-10/h9-11H,3-8H2,1-2H3. The molecule has 1 rings (SSSR count). The third kappa shape index (κ3) is 4.42. The van der Waals surface area contributed by atoms with Crippen molar-refractivity contribution in [2.45, 2.75) is 39.2 Å². The van der Waals surface area contributed by atoms with E-state index < -0.39 is 9.84 Å². The van der Waals surface area contributed by atoms with Crippen molar-refractivity contribution in [1.29, 1.82) is 0 Å². The van der Waals surface area contributed by atoms with Gasteiger partial charge in [-0.2, -0.15) is 0 Å². The molecule has 0 saturated carbocycles. The van der Waals surface area contributed by atoms with Crippen LogP contribution in [0, 0.1) is 5.92 Å². The van der Waals surface area contributed by atoms with E-state index in [9.17, 15) is 8.42 Å². The third-order valence-corrected chi connectivity index (χ3v) is 4.42. The van der Waals surface area contributed by atoms with E-state index in [0.717, 1.165) is 25.3 Å². The maximum atomic E-state index is 11.2. The van der Waals surface area contributed by atoms with Gasteiger partial charge in [-0.05, 0) is 31.7 Å². The molecule has 1 fully saturated rings. The van der Waals surface area contributed by atoms with Gasteiger partial charge < -0.3 is 5.32 Å². The van der Waals surface area contributed by atoms with Crippen molar-refractivity contribution in [3.63, 3.8) is 0 Å². The highest BCUT2D eigenvalue weighted by atomic mass is 32.2. The summed E-state index contributed by atoms with van der Waals surface area (Å²) in [6.45, 7) is 5.42. The molecule has 1 heterocycles. The van der Waals surface area contributed by atoms with Gasteiger partial charge in [-0.15, -0.1) is 0 Å². The van der Waals surface area contributed by atoms with Crippen molar-refractivity contribution in [2.75, 3.05) is 18.1 Å². The van der Waals surface area contributed by atoms with E-state index in [4.69, 9.17) is 0 Å². The molecule has 1 saturated heterocycles. The van der Waals surface area contributed by atoms with Gasteiger partial charge in [0.25, 0.3) is 0 Å². The van der Waals surface area contributed by atoms with Gasteiger partial charge in [0.05, 0.1) is 11.5 Å². The Hall–Kier alpha value is -0.0900. The smallest absolute Gasteiger partial charge is 0.150 e. The fourth-order valence-electron chi connectivity index (χ4n) is 1.67. The highest BCUT2D eigenvalue weighted by Crippen LogP contribution is 2.12. The molecule has 4 heteroatoms. The molecule has 0 aromatic heterocycles. The van der Waals surface area contributed by atoms with Gasteiger partial charge in [0.15, 0.2) is 0 Å². The maximum Gasteiger partial charge on any atom is 0.150 e. The first-order chi connectivity index (χ1) is 6.49. The molecule has 1 aliphatic rings. The fourth-order valence-corrected chi connectivity index (χ4v) is 3.16. The molecule has 0 atom stereocenters. The Bertz CT molecular complexity index is 245. The predicted molar refractivity (Wildman–Crippen MR) is 59.1 cm³/mol. The minimum absolute atomic E-state index is 0.367. The number of hydrogen-bond acceptors (Lipinski definition) is 3. The van der Waals surface area contributed by atoms with Crippen LogP contribution in [0.4, 0.5) is 0 Å². The summed E-state index contributed by atoms with van der Waals surface area (Å²) in [5.41, 5.74) is 0. The highest BCUT2D eigenvalue weighted by molar-refractivity contribution is 7.91. The van der Waals surface area contributed by atoms with Crippen molar-refractivity contribution in [3.05, 3.63) is 0 Å². The van der Waals surface area contributed by atoms with Gasteiger partial charge in [-0.3, -0.25) is 0 Å². The Morgan fingerprint density at radius 1 is 1.29 bits per heavy atom. The highest BCUT2D eigenvalue weighted by Gasteiger charge is 2.22. The van der Waals surface area contributed by atoms with Crippen LogP contribution >= 0.6 is 0 Å². The average Bonchev–Trinajstić information content (AvgIpc) is 2.07. The van der Waals surface area contributed by atoms with E-state index >= 15 is 0 Å². The van der Waals surface area contributed by atoms with E-state index in [-0.39, 0.29) is 0 Å². The van der Waals surface area contributed by atoms with Crippen LogP contribution in [0.2, 0.25) is 0 Å². The van der Waals surface area contributed by atoms with Crippen LogP contribution < -0.4 is 5.32 Å². The molecule has 0 spiro atoms. The fraction of sp³-hybridized carbons (Fsp3) is 1.00. The van der Waals surface area contributed by atoms with Gasteiger partial charge in [0.2, 0.25) is 0 Å². The first-order valence-electron chi connectivity index (χ1n) is 5.43. The summed E-state index contributed by atoms with van der Waals surface area (Å²) in [7, 11) is -2.70. The summed E-state index contributed by atoms with van der Waals surface area (Å²) < 4.78 is 22.3. The zero-order chi connectivity index (χ0) is 10.6. The Balaban J connectivity index is 2.16. The Morgan fingerprint density at radius 2 is 1.86 bits per heavy atom. The number of nitrogens with one attached hydrogen (secondary N) is 1. The van der Waals surface area contributed by atoms with Crippen molar-refractivity contribution in [2.24, 2.45) is 5.92 Å². The average molecular weight is 219 g/mol. The summed E-state index contributed by atoms with van der Waals surface area (Å²) in [4.78, 5) is 0. The van der Waals surface area contributed by atoms with E-state index in [2.05, 4.69) is 19.2 Å². The van der Waals surface area contributed by atoms with E-state index in [0.29, 0.717) is 17.5 Å². The molecule has 0 unspecified atom stereocenters. The van der Waals surface area contributed by atoms with Crippen molar-refractivity contribution in [3.8, 4) is 0 Å². The van der Waals surface area contributed by atoms with E-state index in [1.807, 2.05) is 0 Å². The van der Waals surface area contributed by atoms with Gasteiger partial charge in [0.1, 0.15) is 9.84 Å². The second-order valence-electron chi connectivity index (χ2n) is 4.56. The van der Waals surface area contributed by atoms with Crippen molar-refractivity contribution in [1.82, 2.24) is 5.32 Å². The number of hydrogen-bond donors (Lipinski definition) is 1. The first-order valence-corrected chi connectivity index (χ1v) is 7.25. The van der Waals surface area contributed by atoms with Crippen LogP contribution in [0.5, 0.6) is 0 Å². The lowest BCUT2D eigenvalue weighted by Gasteiger charge is -2.23. The Morgan fingerprint density at radius 3 is 2.36 bits per heavy atom. The third-order valence-electron chi connectivity index (χ3n) is 2.71. The molecular weight excluding hydrogens is 198 g/mol. The molecular formula is C10H21NO2S. The lowest BCUT2D eigenvalue weighted by atomic mass is 10.1. The lowest BCUT2D eigenvalue weighted by Crippen LogP contribution is -2.38. The molecule has 14 heavy (non-hydrogen) atoms. The van der Waals surface area contributed by atoms with Gasteiger partial charge in [-0.1, -0.05) is 13.8 Å². The first kappa shape index (κ1) is 12.0. The zero-order valence-corrected chi connectivity index (χ0v) is 9.94. The van der Waals surface area contributed by atoms with Crippen LogP contribution in [0.1, 0.15) is 33.1 Å². The molecule has 0 radical (unpaired) electrons. The number of sulfone groups is 1. The minimum Gasteiger partial charge on any atom is -0.314 e. The topological polar surface area (TPSA) is 46.2 Å². The van der Waals surface area contributed by atoms with E-state index in [1.165, 1.54) is 6.42 Å². The monoisotopic (exact) mass is 219 g/mol.